The predicted molar refractivity (Wildman–Crippen MR) is 111 cm³/mol. The van der Waals surface area contributed by atoms with Crippen LogP contribution in [-0.4, -0.2) is 31.4 Å². The normalized spacial score (nSPS) is 14.9. The Kier molecular flexibility index (Phi) is 5.45. The van der Waals surface area contributed by atoms with Crippen LogP contribution in [0.5, 0.6) is 0 Å². The van der Waals surface area contributed by atoms with Crippen LogP contribution >= 0.6 is 23.1 Å². The van der Waals surface area contributed by atoms with Crippen molar-refractivity contribution in [2.24, 2.45) is 0 Å². The van der Waals surface area contributed by atoms with Gasteiger partial charge < -0.3 is 5.32 Å². The van der Waals surface area contributed by atoms with Gasteiger partial charge in [-0.2, -0.15) is 5.10 Å². The van der Waals surface area contributed by atoms with Crippen molar-refractivity contribution in [3.8, 4) is 0 Å². The number of thioether (sulfide) groups is 1. The van der Waals surface area contributed by atoms with E-state index in [9.17, 15) is 4.79 Å². The Morgan fingerprint density at radius 2 is 2.15 bits per heavy atom. The zero-order valence-corrected chi connectivity index (χ0v) is 17.2. The topological polar surface area (TPSA) is 72.7 Å². The quantitative estimate of drug-likeness (QED) is 0.477. The van der Waals surface area contributed by atoms with Crippen molar-refractivity contribution in [2.45, 2.75) is 57.0 Å². The highest BCUT2D eigenvalue weighted by Gasteiger charge is 2.20. The van der Waals surface area contributed by atoms with E-state index in [0.29, 0.717) is 18.2 Å². The van der Waals surface area contributed by atoms with Gasteiger partial charge in [0.2, 0.25) is 5.91 Å². The lowest BCUT2D eigenvalue weighted by atomic mass is 10.2. The zero-order chi connectivity index (χ0) is 18.8. The molecule has 1 saturated carbocycles. The molecule has 0 atom stereocenters. The number of aromatic nitrogens is 4. The van der Waals surface area contributed by atoms with Crippen LogP contribution in [0.1, 0.15) is 48.6 Å². The van der Waals surface area contributed by atoms with Gasteiger partial charge in [0, 0.05) is 28.5 Å². The summed E-state index contributed by atoms with van der Waals surface area (Å²) in [6, 6.07) is 2.30. The molecule has 1 aliphatic rings. The molecule has 0 unspecified atom stereocenters. The molecule has 1 aliphatic carbocycles. The van der Waals surface area contributed by atoms with Gasteiger partial charge >= 0.3 is 0 Å². The molecule has 3 aromatic heterocycles. The fraction of sp³-hybridized carbons (Fsp3) is 0.474. The van der Waals surface area contributed by atoms with Crippen molar-refractivity contribution in [3.63, 3.8) is 0 Å². The molecule has 0 aliphatic heterocycles. The Bertz CT molecular complexity index is 958. The van der Waals surface area contributed by atoms with Crippen molar-refractivity contribution in [1.82, 2.24) is 19.7 Å². The number of carbonyl (C=O) groups excluding carboxylic acids is 1. The van der Waals surface area contributed by atoms with Gasteiger partial charge in [0.15, 0.2) is 0 Å². The van der Waals surface area contributed by atoms with Gasteiger partial charge in [0.1, 0.15) is 22.0 Å². The van der Waals surface area contributed by atoms with E-state index >= 15 is 0 Å². The van der Waals surface area contributed by atoms with Gasteiger partial charge in [-0.1, -0.05) is 12.8 Å². The molecule has 1 fully saturated rings. The molecular formula is C19H23N5OS2. The molecule has 6 nitrogen and oxygen atoms in total. The standard InChI is InChI=1S/C19H23N5OS2/c1-12-13(2)27-19-17(12)18(20-11-21-19)26-10-8-16(25)23-15-7-9-22-24(15)14-5-3-4-6-14/h7,9,11,14H,3-6,8,10H2,1-2H3,(H,23,25). The van der Waals surface area contributed by atoms with Gasteiger partial charge in [-0.15, -0.1) is 23.1 Å². The first-order valence-corrected chi connectivity index (χ1v) is 11.1. The molecule has 0 radical (unpaired) electrons. The maximum Gasteiger partial charge on any atom is 0.226 e. The maximum absolute atomic E-state index is 12.4. The number of aryl methyl sites for hydroxylation is 2. The summed E-state index contributed by atoms with van der Waals surface area (Å²) in [5.74, 6) is 1.51. The van der Waals surface area contributed by atoms with Crippen LogP contribution in [0.3, 0.4) is 0 Å². The summed E-state index contributed by atoms with van der Waals surface area (Å²) in [7, 11) is 0. The second-order valence-corrected chi connectivity index (χ2v) is 9.17. The SMILES string of the molecule is Cc1sc2ncnc(SCCC(=O)Nc3ccnn3C3CCCC3)c2c1C. The third-order valence-corrected chi connectivity index (χ3v) is 7.21. The van der Waals surface area contributed by atoms with E-state index in [1.165, 1.54) is 23.3 Å². The minimum atomic E-state index is 0.0192. The smallest absolute Gasteiger partial charge is 0.226 e. The van der Waals surface area contributed by atoms with Gasteiger partial charge in [-0.25, -0.2) is 14.6 Å². The van der Waals surface area contributed by atoms with Crippen molar-refractivity contribution < 1.29 is 4.79 Å². The summed E-state index contributed by atoms with van der Waals surface area (Å²) in [5, 5.41) is 9.52. The van der Waals surface area contributed by atoms with Gasteiger partial charge in [-0.05, 0) is 32.3 Å². The predicted octanol–water partition coefficient (Wildman–Crippen LogP) is 4.74. The average Bonchev–Trinajstić information content (AvgIpc) is 3.37. The fourth-order valence-corrected chi connectivity index (χ4v) is 5.62. The van der Waals surface area contributed by atoms with Crippen molar-refractivity contribution in [1.29, 1.82) is 0 Å². The van der Waals surface area contributed by atoms with Crippen LogP contribution in [0.25, 0.3) is 10.2 Å². The van der Waals surface area contributed by atoms with Gasteiger partial charge in [0.25, 0.3) is 0 Å². The Morgan fingerprint density at radius 1 is 1.33 bits per heavy atom. The Labute approximate surface area is 166 Å². The Balaban J connectivity index is 1.36. The molecule has 142 valence electrons. The summed E-state index contributed by atoms with van der Waals surface area (Å²) < 4.78 is 1.98. The van der Waals surface area contributed by atoms with Crippen LogP contribution in [0, 0.1) is 13.8 Å². The molecule has 0 aromatic carbocycles. The monoisotopic (exact) mass is 401 g/mol. The largest absolute Gasteiger partial charge is 0.311 e. The number of hydrogen-bond donors (Lipinski definition) is 1. The summed E-state index contributed by atoms with van der Waals surface area (Å²) >= 11 is 3.32. The summed E-state index contributed by atoms with van der Waals surface area (Å²) in [4.78, 5) is 23.5. The van der Waals surface area contributed by atoms with E-state index in [1.807, 2.05) is 10.7 Å². The summed E-state index contributed by atoms with van der Waals surface area (Å²) in [6.07, 6.45) is 8.58. The maximum atomic E-state index is 12.4. The van der Waals surface area contributed by atoms with Crippen molar-refractivity contribution >= 4 is 45.0 Å². The molecule has 8 heteroatoms. The first-order valence-electron chi connectivity index (χ1n) is 9.30. The average molecular weight is 402 g/mol. The van der Waals surface area contributed by atoms with E-state index in [0.717, 1.165) is 33.9 Å². The number of rotatable bonds is 6. The molecule has 1 amide bonds. The number of carbonyl (C=O) groups is 1. The molecule has 27 heavy (non-hydrogen) atoms. The number of anilines is 1. The lowest BCUT2D eigenvalue weighted by molar-refractivity contribution is -0.115. The highest BCUT2D eigenvalue weighted by atomic mass is 32.2. The number of fused-ring (bicyclic) bond motifs is 1. The van der Waals surface area contributed by atoms with Gasteiger partial charge in [0.05, 0.1) is 12.2 Å². The van der Waals surface area contributed by atoms with E-state index in [1.54, 1.807) is 35.6 Å². The van der Waals surface area contributed by atoms with Crippen LogP contribution in [0.15, 0.2) is 23.6 Å². The van der Waals surface area contributed by atoms with Crippen LogP contribution in [0.4, 0.5) is 5.82 Å². The third-order valence-electron chi connectivity index (χ3n) is 5.11. The Morgan fingerprint density at radius 3 is 2.96 bits per heavy atom. The van der Waals surface area contributed by atoms with Crippen molar-refractivity contribution in [2.75, 3.05) is 11.1 Å². The second kappa shape index (κ2) is 7.98. The van der Waals surface area contributed by atoms with E-state index in [4.69, 9.17) is 0 Å². The molecule has 3 aromatic rings. The number of nitrogens with zero attached hydrogens (tertiary/aromatic N) is 4. The van der Waals surface area contributed by atoms with Crippen LogP contribution < -0.4 is 5.32 Å². The summed E-state index contributed by atoms with van der Waals surface area (Å²) in [5.41, 5.74) is 1.24. The first kappa shape index (κ1) is 18.4. The van der Waals surface area contributed by atoms with Crippen LogP contribution in [0.2, 0.25) is 0 Å². The first-order chi connectivity index (χ1) is 13.1. The number of hydrogen-bond acceptors (Lipinski definition) is 6. The summed E-state index contributed by atoms with van der Waals surface area (Å²) in [6.45, 7) is 4.22. The zero-order valence-electron chi connectivity index (χ0n) is 15.6. The number of thiophene rings is 1. The second-order valence-electron chi connectivity index (χ2n) is 6.89. The lowest BCUT2D eigenvalue weighted by Crippen LogP contribution is -2.17. The molecule has 0 bridgehead atoms. The molecule has 1 N–H and O–H groups in total. The highest BCUT2D eigenvalue weighted by molar-refractivity contribution is 7.99. The molecular weight excluding hydrogens is 378 g/mol. The third kappa shape index (κ3) is 3.87. The van der Waals surface area contributed by atoms with Gasteiger partial charge in [-0.3, -0.25) is 4.79 Å². The van der Waals surface area contributed by atoms with Crippen LogP contribution in [-0.2, 0) is 4.79 Å². The highest BCUT2D eigenvalue weighted by Crippen LogP contribution is 2.35. The number of amides is 1. The molecule has 0 spiro atoms. The molecule has 3 heterocycles. The molecule has 0 saturated heterocycles. The minimum Gasteiger partial charge on any atom is -0.311 e. The van der Waals surface area contributed by atoms with Crippen molar-refractivity contribution in [3.05, 3.63) is 29.0 Å². The van der Waals surface area contributed by atoms with E-state index in [2.05, 4.69) is 34.2 Å². The number of nitrogens with one attached hydrogen (secondary N) is 1. The molecule has 4 rings (SSSR count). The van der Waals surface area contributed by atoms with E-state index in [-0.39, 0.29) is 5.91 Å². The van der Waals surface area contributed by atoms with E-state index < -0.39 is 0 Å². The lowest BCUT2D eigenvalue weighted by Gasteiger charge is -2.14. The fourth-order valence-electron chi connectivity index (χ4n) is 3.56. The minimum absolute atomic E-state index is 0.0192. The Hall–Kier alpha value is -1.93.